The Kier molecular flexibility index (Phi) is 4.47. The molecule has 0 bridgehead atoms. The number of anilines is 1. The van der Waals surface area contributed by atoms with Crippen molar-refractivity contribution in [2.45, 2.75) is 6.42 Å². The predicted molar refractivity (Wildman–Crippen MR) is 98.2 cm³/mol. The highest BCUT2D eigenvalue weighted by Gasteiger charge is 2.22. The number of piperazine rings is 1. The Bertz CT molecular complexity index is 822. The zero-order valence-electron chi connectivity index (χ0n) is 13.8. The Morgan fingerprint density at radius 3 is 2.64 bits per heavy atom. The zero-order valence-corrected chi connectivity index (χ0v) is 14.6. The second kappa shape index (κ2) is 7.06. The van der Waals surface area contributed by atoms with Crippen molar-refractivity contribution in [3.05, 3.63) is 59.9 Å². The van der Waals surface area contributed by atoms with Gasteiger partial charge in [-0.05, 0) is 17.7 Å². The van der Waals surface area contributed by atoms with E-state index in [9.17, 15) is 4.79 Å². The van der Waals surface area contributed by atoms with Gasteiger partial charge in [0, 0.05) is 44.0 Å². The summed E-state index contributed by atoms with van der Waals surface area (Å²) in [6.07, 6.45) is 5.92. The van der Waals surface area contributed by atoms with Gasteiger partial charge in [-0.25, -0.2) is 9.67 Å². The molecule has 1 amide bonds. The molecule has 6 nitrogen and oxygen atoms in total. The number of benzene rings is 1. The fourth-order valence-corrected chi connectivity index (χ4v) is 3.68. The Morgan fingerprint density at radius 2 is 1.92 bits per heavy atom. The van der Waals surface area contributed by atoms with Gasteiger partial charge in [0.15, 0.2) is 5.13 Å². The van der Waals surface area contributed by atoms with Gasteiger partial charge in [-0.15, -0.1) is 11.3 Å². The smallest absolute Gasteiger partial charge is 0.227 e. The molecule has 0 saturated carbocycles. The van der Waals surface area contributed by atoms with Crippen LogP contribution in [0.4, 0.5) is 5.13 Å². The minimum atomic E-state index is 0.159. The molecule has 1 saturated heterocycles. The summed E-state index contributed by atoms with van der Waals surface area (Å²) >= 11 is 1.64. The van der Waals surface area contributed by atoms with Crippen LogP contribution in [0, 0.1) is 0 Å². The standard InChI is InChI=1S/C18H19N5OS/c24-17(21-7-9-22(10-8-21)18-19-6-11-25-18)12-15-13-20-23(14-15)16-4-2-1-3-5-16/h1-6,11,13-14H,7-10,12H2. The first kappa shape index (κ1) is 15.8. The maximum atomic E-state index is 12.6. The summed E-state index contributed by atoms with van der Waals surface area (Å²) in [6, 6.07) is 9.92. The van der Waals surface area contributed by atoms with Crippen LogP contribution in [0.1, 0.15) is 5.56 Å². The van der Waals surface area contributed by atoms with Crippen LogP contribution in [-0.2, 0) is 11.2 Å². The highest BCUT2D eigenvalue weighted by Crippen LogP contribution is 2.19. The molecule has 25 heavy (non-hydrogen) atoms. The average molecular weight is 353 g/mol. The van der Waals surface area contributed by atoms with E-state index in [4.69, 9.17) is 0 Å². The van der Waals surface area contributed by atoms with Gasteiger partial charge in [0.25, 0.3) is 0 Å². The molecule has 1 fully saturated rings. The SMILES string of the molecule is O=C(Cc1cnn(-c2ccccc2)c1)N1CCN(c2nccs2)CC1. The summed E-state index contributed by atoms with van der Waals surface area (Å²) in [7, 11) is 0. The van der Waals surface area contributed by atoms with Crippen LogP contribution in [0.2, 0.25) is 0 Å². The van der Waals surface area contributed by atoms with E-state index in [0.29, 0.717) is 6.42 Å². The van der Waals surface area contributed by atoms with Crippen molar-refractivity contribution in [1.29, 1.82) is 0 Å². The lowest BCUT2D eigenvalue weighted by atomic mass is 10.2. The monoisotopic (exact) mass is 353 g/mol. The summed E-state index contributed by atoms with van der Waals surface area (Å²) in [4.78, 5) is 21.1. The molecule has 2 aromatic heterocycles. The molecule has 0 N–H and O–H groups in total. The van der Waals surface area contributed by atoms with Crippen LogP contribution in [0.25, 0.3) is 5.69 Å². The molecule has 0 aliphatic carbocycles. The largest absolute Gasteiger partial charge is 0.345 e. The number of hydrogen-bond acceptors (Lipinski definition) is 5. The van der Waals surface area contributed by atoms with E-state index >= 15 is 0 Å². The van der Waals surface area contributed by atoms with Crippen molar-refractivity contribution in [3.8, 4) is 5.69 Å². The summed E-state index contributed by atoms with van der Waals surface area (Å²) in [6.45, 7) is 3.15. The number of aromatic nitrogens is 3. The first-order valence-corrected chi connectivity index (χ1v) is 9.19. The van der Waals surface area contributed by atoms with Gasteiger partial charge in [-0.3, -0.25) is 4.79 Å². The van der Waals surface area contributed by atoms with Crippen molar-refractivity contribution in [2.75, 3.05) is 31.1 Å². The van der Waals surface area contributed by atoms with Crippen molar-refractivity contribution < 1.29 is 4.79 Å². The van der Waals surface area contributed by atoms with Gasteiger partial charge in [0.05, 0.1) is 18.3 Å². The Hall–Kier alpha value is -2.67. The Morgan fingerprint density at radius 1 is 1.12 bits per heavy atom. The molecule has 7 heteroatoms. The predicted octanol–water partition coefficient (Wildman–Crippen LogP) is 2.22. The van der Waals surface area contributed by atoms with E-state index in [1.807, 2.05) is 57.7 Å². The van der Waals surface area contributed by atoms with E-state index in [-0.39, 0.29) is 5.91 Å². The van der Waals surface area contributed by atoms with Gasteiger partial charge < -0.3 is 9.80 Å². The number of rotatable bonds is 4. The van der Waals surface area contributed by atoms with Gasteiger partial charge in [0.1, 0.15) is 0 Å². The second-order valence-corrected chi connectivity index (χ2v) is 6.86. The molecule has 0 spiro atoms. The normalized spacial score (nSPS) is 14.7. The molecular weight excluding hydrogens is 334 g/mol. The summed E-state index contributed by atoms with van der Waals surface area (Å²) < 4.78 is 1.81. The highest BCUT2D eigenvalue weighted by molar-refractivity contribution is 7.13. The third kappa shape index (κ3) is 3.56. The maximum absolute atomic E-state index is 12.6. The zero-order chi connectivity index (χ0) is 17.1. The van der Waals surface area contributed by atoms with Gasteiger partial charge >= 0.3 is 0 Å². The fraction of sp³-hybridized carbons (Fsp3) is 0.278. The van der Waals surface area contributed by atoms with Crippen LogP contribution in [-0.4, -0.2) is 51.8 Å². The third-order valence-electron chi connectivity index (χ3n) is 4.33. The van der Waals surface area contributed by atoms with Crippen molar-refractivity contribution in [2.24, 2.45) is 0 Å². The number of amides is 1. The van der Waals surface area contributed by atoms with Gasteiger partial charge in [-0.2, -0.15) is 5.10 Å². The van der Waals surface area contributed by atoms with Crippen LogP contribution < -0.4 is 4.90 Å². The molecule has 0 atom stereocenters. The molecule has 0 unspecified atom stereocenters. The van der Waals surface area contributed by atoms with E-state index < -0.39 is 0 Å². The van der Waals surface area contributed by atoms with Crippen LogP contribution in [0.15, 0.2) is 54.3 Å². The highest BCUT2D eigenvalue weighted by atomic mass is 32.1. The van der Waals surface area contributed by atoms with Crippen LogP contribution in [0.5, 0.6) is 0 Å². The minimum Gasteiger partial charge on any atom is -0.345 e. The van der Waals surface area contributed by atoms with Gasteiger partial charge in [-0.1, -0.05) is 18.2 Å². The van der Waals surface area contributed by atoms with Crippen molar-refractivity contribution in [3.63, 3.8) is 0 Å². The van der Waals surface area contributed by atoms with Crippen LogP contribution in [0.3, 0.4) is 0 Å². The fourth-order valence-electron chi connectivity index (χ4n) is 2.98. The third-order valence-corrected chi connectivity index (χ3v) is 5.17. The molecule has 1 aromatic carbocycles. The lowest BCUT2D eigenvalue weighted by molar-refractivity contribution is -0.130. The van der Waals surface area contributed by atoms with Crippen molar-refractivity contribution in [1.82, 2.24) is 19.7 Å². The average Bonchev–Trinajstić information content (AvgIpc) is 3.35. The molecule has 0 radical (unpaired) electrons. The first-order chi connectivity index (χ1) is 12.3. The molecule has 3 heterocycles. The number of carbonyl (C=O) groups is 1. The summed E-state index contributed by atoms with van der Waals surface area (Å²) in [5.41, 5.74) is 1.94. The number of thiazole rings is 1. The summed E-state index contributed by atoms with van der Waals surface area (Å²) in [5.74, 6) is 0.159. The van der Waals surface area contributed by atoms with E-state index in [1.54, 1.807) is 17.5 Å². The quantitative estimate of drug-likeness (QED) is 0.722. The Balaban J connectivity index is 1.34. The van der Waals surface area contributed by atoms with Gasteiger partial charge in [0.2, 0.25) is 5.91 Å². The van der Waals surface area contributed by atoms with E-state index in [0.717, 1.165) is 42.6 Å². The first-order valence-electron chi connectivity index (χ1n) is 8.31. The van der Waals surface area contributed by atoms with E-state index in [1.165, 1.54) is 0 Å². The minimum absolute atomic E-state index is 0.159. The number of nitrogens with zero attached hydrogens (tertiary/aromatic N) is 5. The molecular formula is C18H19N5OS. The lowest BCUT2D eigenvalue weighted by Gasteiger charge is -2.34. The molecule has 128 valence electrons. The number of para-hydroxylation sites is 1. The van der Waals surface area contributed by atoms with Crippen LogP contribution >= 0.6 is 11.3 Å². The lowest BCUT2D eigenvalue weighted by Crippen LogP contribution is -2.49. The molecule has 4 rings (SSSR count). The van der Waals surface area contributed by atoms with Crippen molar-refractivity contribution >= 4 is 22.4 Å². The number of carbonyl (C=O) groups excluding carboxylic acids is 1. The number of hydrogen-bond donors (Lipinski definition) is 0. The maximum Gasteiger partial charge on any atom is 0.227 e. The Labute approximate surface area is 150 Å². The topological polar surface area (TPSA) is 54.3 Å². The molecule has 3 aromatic rings. The molecule has 1 aliphatic rings. The summed E-state index contributed by atoms with van der Waals surface area (Å²) in [5, 5.41) is 7.38. The second-order valence-electron chi connectivity index (χ2n) is 5.99. The molecule has 1 aliphatic heterocycles. The van der Waals surface area contributed by atoms with E-state index in [2.05, 4.69) is 15.0 Å².